The molecule has 0 aromatic carbocycles. The molecule has 0 saturated carbocycles. The number of likely N-dealkylation sites (tertiary alicyclic amines) is 1. The topological polar surface area (TPSA) is 41.3 Å². The standard InChI is InChI=1S/C16H29N3O/c1-5-13-11-14(19(6-2)17-13)12-15(20)16(3,4)18-9-7-8-10-18/h11,15,20H,5-10,12H2,1-4H3. The first kappa shape index (κ1) is 15.5. The summed E-state index contributed by atoms with van der Waals surface area (Å²) in [6.07, 6.45) is 3.79. The van der Waals surface area contributed by atoms with Gasteiger partial charge in [-0.1, -0.05) is 6.92 Å². The summed E-state index contributed by atoms with van der Waals surface area (Å²) in [6.45, 7) is 11.6. The van der Waals surface area contributed by atoms with Crippen LogP contribution in [-0.4, -0.2) is 44.5 Å². The molecule has 1 saturated heterocycles. The molecule has 4 heteroatoms. The molecule has 0 radical (unpaired) electrons. The maximum absolute atomic E-state index is 10.7. The molecule has 0 aliphatic carbocycles. The van der Waals surface area contributed by atoms with Crippen molar-refractivity contribution in [1.29, 1.82) is 0 Å². The number of aliphatic hydroxyl groups excluding tert-OH is 1. The van der Waals surface area contributed by atoms with E-state index in [1.165, 1.54) is 12.8 Å². The molecule has 0 spiro atoms. The van der Waals surface area contributed by atoms with E-state index in [2.05, 4.69) is 43.8 Å². The summed E-state index contributed by atoms with van der Waals surface area (Å²) in [4.78, 5) is 2.42. The molecule has 2 heterocycles. The molecule has 1 aliphatic heterocycles. The Balaban J connectivity index is 2.10. The van der Waals surface area contributed by atoms with Gasteiger partial charge in [0.1, 0.15) is 0 Å². The van der Waals surface area contributed by atoms with Gasteiger partial charge in [0.05, 0.1) is 11.8 Å². The monoisotopic (exact) mass is 279 g/mol. The minimum atomic E-state index is -0.354. The average Bonchev–Trinajstić information content (AvgIpc) is 3.07. The van der Waals surface area contributed by atoms with Gasteiger partial charge in [0, 0.05) is 24.2 Å². The molecule has 2 rings (SSSR count). The fourth-order valence-corrected chi connectivity index (χ4v) is 3.08. The summed E-state index contributed by atoms with van der Waals surface area (Å²) in [5.41, 5.74) is 2.11. The second-order valence-electron chi connectivity index (χ2n) is 6.36. The lowest BCUT2D eigenvalue weighted by molar-refractivity contribution is 0.00230. The predicted molar refractivity (Wildman–Crippen MR) is 81.9 cm³/mol. The zero-order chi connectivity index (χ0) is 14.8. The first-order chi connectivity index (χ1) is 9.48. The van der Waals surface area contributed by atoms with Crippen LogP contribution in [0.1, 0.15) is 51.9 Å². The van der Waals surface area contributed by atoms with Crippen molar-refractivity contribution in [2.24, 2.45) is 0 Å². The van der Waals surface area contributed by atoms with Crippen molar-refractivity contribution in [3.8, 4) is 0 Å². The fourth-order valence-electron chi connectivity index (χ4n) is 3.08. The van der Waals surface area contributed by atoms with Gasteiger partial charge in [-0.15, -0.1) is 0 Å². The lowest BCUT2D eigenvalue weighted by Gasteiger charge is -2.39. The number of rotatable bonds is 6. The molecule has 1 unspecified atom stereocenters. The highest BCUT2D eigenvalue weighted by Crippen LogP contribution is 2.26. The molecule has 0 amide bonds. The third kappa shape index (κ3) is 3.07. The lowest BCUT2D eigenvalue weighted by atomic mass is 9.91. The van der Waals surface area contributed by atoms with Gasteiger partial charge in [-0.3, -0.25) is 9.58 Å². The van der Waals surface area contributed by atoms with Crippen molar-refractivity contribution in [1.82, 2.24) is 14.7 Å². The van der Waals surface area contributed by atoms with Crippen molar-refractivity contribution in [2.75, 3.05) is 13.1 Å². The average molecular weight is 279 g/mol. The molecule has 114 valence electrons. The van der Waals surface area contributed by atoms with Crippen molar-refractivity contribution < 1.29 is 5.11 Å². The molecule has 0 bridgehead atoms. The van der Waals surface area contributed by atoms with E-state index in [4.69, 9.17) is 0 Å². The molecule has 1 N–H and O–H groups in total. The van der Waals surface area contributed by atoms with Crippen LogP contribution in [0.3, 0.4) is 0 Å². The van der Waals surface area contributed by atoms with Crippen LogP contribution in [0.25, 0.3) is 0 Å². The second-order valence-corrected chi connectivity index (χ2v) is 6.36. The molecule has 20 heavy (non-hydrogen) atoms. The first-order valence-electron chi connectivity index (χ1n) is 7.97. The molecule has 1 atom stereocenters. The van der Waals surface area contributed by atoms with Gasteiger partial charge in [0.15, 0.2) is 0 Å². The van der Waals surface area contributed by atoms with Crippen LogP contribution >= 0.6 is 0 Å². The normalized spacial score (nSPS) is 18.6. The van der Waals surface area contributed by atoms with Gasteiger partial charge in [0.2, 0.25) is 0 Å². The molecular weight excluding hydrogens is 250 g/mol. The Hall–Kier alpha value is -0.870. The van der Waals surface area contributed by atoms with Crippen LogP contribution < -0.4 is 0 Å². The van der Waals surface area contributed by atoms with Crippen LogP contribution in [0.2, 0.25) is 0 Å². The van der Waals surface area contributed by atoms with Gasteiger partial charge >= 0.3 is 0 Å². The number of hydrogen-bond donors (Lipinski definition) is 1. The summed E-state index contributed by atoms with van der Waals surface area (Å²) in [6, 6.07) is 2.15. The maximum atomic E-state index is 10.7. The Morgan fingerprint density at radius 1 is 1.30 bits per heavy atom. The summed E-state index contributed by atoms with van der Waals surface area (Å²) in [7, 11) is 0. The largest absolute Gasteiger partial charge is 0.391 e. The van der Waals surface area contributed by atoms with Crippen LogP contribution in [0.15, 0.2) is 6.07 Å². The predicted octanol–water partition coefficient (Wildman–Crippen LogP) is 2.24. The van der Waals surface area contributed by atoms with E-state index in [1.54, 1.807) is 0 Å². The van der Waals surface area contributed by atoms with Gasteiger partial charge < -0.3 is 5.11 Å². The summed E-state index contributed by atoms with van der Waals surface area (Å²) in [5, 5.41) is 15.3. The minimum absolute atomic E-state index is 0.161. The van der Waals surface area contributed by atoms with Crippen LogP contribution in [0.5, 0.6) is 0 Å². The lowest BCUT2D eigenvalue weighted by Crippen LogP contribution is -2.52. The quantitative estimate of drug-likeness (QED) is 0.868. The first-order valence-corrected chi connectivity index (χ1v) is 7.97. The highest BCUT2D eigenvalue weighted by atomic mass is 16.3. The second kappa shape index (κ2) is 6.27. The van der Waals surface area contributed by atoms with Crippen molar-refractivity contribution in [2.45, 2.75) is 71.6 Å². The zero-order valence-corrected chi connectivity index (χ0v) is 13.4. The number of nitrogens with zero attached hydrogens (tertiary/aromatic N) is 3. The van der Waals surface area contributed by atoms with Gasteiger partial charge in [-0.25, -0.2) is 0 Å². The Labute approximate surface area is 122 Å². The third-order valence-electron chi connectivity index (χ3n) is 4.71. The number of hydrogen-bond acceptors (Lipinski definition) is 3. The molecular formula is C16H29N3O. The maximum Gasteiger partial charge on any atom is 0.0773 e. The Morgan fingerprint density at radius 3 is 2.50 bits per heavy atom. The van der Waals surface area contributed by atoms with Crippen LogP contribution in [-0.2, 0) is 19.4 Å². The van der Waals surface area contributed by atoms with Gasteiger partial charge in [-0.05, 0) is 59.2 Å². The zero-order valence-electron chi connectivity index (χ0n) is 13.4. The number of aryl methyl sites for hydroxylation is 2. The molecule has 4 nitrogen and oxygen atoms in total. The van der Waals surface area contributed by atoms with E-state index in [0.717, 1.165) is 37.4 Å². The van der Waals surface area contributed by atoms with Crippen LogP contribution in [0.4, 0.5) is 0 Å². The van der Waals surface area contributed by atoms with Gasteiger partial charge in [-0.2, -0.15) is 5.10 Å². The number of aromatic nitrogens is 2. The Morgan fingerprint density at radius 2 is 1.95 bits per heavy atom. The minimum Gasteiger partial charge on any atom is -0.391 e. The third-order valence-corrected chi connectivity index (χ3v) is 4.71. The van der Waals surface area contributed by atoms with E-state index < -0.39 is 0 Å². The van der Waals surface area contributed by atoms with E-state index in [-0.39, 0.29) is 11.6 Å². The number of aliphatic hydroxyl groups is 1. The van der Waals surface area contributed by atoms with E-state index >= 15 is 0 Å². The van der Waals surface area contributed by atoms with Crippen molar-refractivity contribution in [3.63, 3.8) is 0 Å². The highest BCUT2D eigenvalue weighted by Gasteiger charge is 2.36. The SMILES string of the molecule is CCc1cc(CC(O)C(C)(C)N2CCCC2)n(CC)n1. The van der Waals surface area contributed by atoms with E-state index in [0.29, 0.717) is 6.42 Å². The fraction of sp³-hybridized carbons (Fsp3) is 0.812. The summed E-state index contributed by atoms with van der Waals surface area (Å²) in [5.74, 6) is 0. The molecule has 1 aliphatic rings. The Bertz CT molecular complexity index is 433. The smallest absolute Gasteiger partial charge is 0.0773 e. The molecule has 1 aromatic heterocycles. The van der Waals surface area contributed by atoms with Gasteiger partial charge in [0.25, 0.3) is 0 Å². The van der Waals surface area contributed by atoms with Crippen molar-refractivity contribution >= 4 is 0 Å². The Kier molecular flexibility index (Phi) is 4.86. The van der Waals surface area contributed by atoms with E-state index in [1.807, 2.05) is 4.68 Å². The van der Waals surface area contributed by atoms with Crippen LogP contribution in [0, 0.1) is 0 Å². The summed E-state index contributed by atoms with van der Waals surface area (Å²) < 4.78 is 2.03. The van der Waals surface area contributed by atoms with Crippen molar-refractivity contribution in [3.05, 3.63) is 17.5 Å². The summed E-state index contributed by atoms with van der Waals surface area (Å²) >= 11 is 0. The molecule has 1 fully saturated rings. The molecule has 1 aromatic rings. The highest BCUT2D eigenvalue weighted by molar-refractivity contribution is 5.13. The van der Waals surface area contributed by atoms with E-state index in [9.17, 15) is 5.11 Å².